The van der Waals surface area contributed by atoms with Crippen molar-refractivity contribution >= 4 is 5.97 Å². The number of ether oxygens (including phenoxy) is 1. The first-order valence-corrected chi connectivity index (χ1v) is 7.20. The standard InChI is InChI=1S/C15H26O2/c1-2-11-14-12-9-7-5-3-4-6-8-10-13-15(16)17-14/h10,13-14H,2-9,11-12H2,1H3. The second-order valence-corrected chi connectivity index (χ2v) is 4.95. The maximum Gasteiger partial charge on any atom is 0.330 e. The number of hydrogen-bond acceptors (Lipinski definition) is 2. The predicted octanol–water partition coefficient (Wildman–Crippen LogP) is 4.39. The van der Waals surface area contributed by atoms with Gasteiger partial charge in [-0.1, -0.05) is 45.1 Å². The number of esters is 1. The Morgan fingerprint density at radius 2 is 1.88 bits per heavy atom. The van der Waals surface area contributed by atoms with Crippen molar-refractivity contribution in [2.75, 3.05) is 0 Å². The van der Waals surface area contributed by atoms with Gasteiger partial charge in [0.25, 0.3) is 0 Å². The van der Waals surface area contributed by atoms with E-state index in [4.69, 9.17) is 4.74 Å². The summed E-state index contributed by atoms with van der Waals surface area (Å²) < 4.78 is 5.48. The van der Waals surface area contributed by atoms with Crippen LogP contribution in [0.3, 0.4) is 0 Å². The summed E-state index contributed by atoms with van der Waals surface area (Å²) in [6.45, 7) is 2.14. The van der Waals surface area contributed by atoms with Crippen LogP contribution < -0.4 is 0 Å². The first kappa shape index (κ1) is 14.3. The smallest absolute Gasteiger partial charge is 0.330 e. The lowest BCUT2D eigenvalue weighted by atomic mass is 10.0. The monoisotopic (exact) mass is 238 g/mol. The van der Waals surface area contributed by atoms with Crippen LogP contribution in [0.2, 0.25) is 0 Å². The summed E-state index contributed by atoms with van der Waals surface area (Å²) in [7, 11) is 0. The van der Waals surface area contributed by atoms with E-state index in [2.05, 4.69) is 6.92 Å². The van der Waals surface area contributed by atoms with Gasteiger partial charge in [-0.25, -0.2) is 4.79 Å². The molecule has 0 saturated heterocycles. The number of carbonyl (C=O) groups is 1. The first-order chi connectivity index (χ1) is 8.33. The topological polar surface area (TPSA) is 26.3 Å². The SMILES string of the molecule is CCCC1CCCCCCCCC=CC(=O)O1. The summed E-state index contributed by atoms with van der Waals surface area (Å²) in [5, 5.41) is 0. The maximum absolute atomic E-state index is 11.6. The lowest BCUT2D eigenvalue weighted by Crippen LogP contribution is -2.16. The fraction of sp³-hybridized carbons (Fsp3) is 0.800. The van der Waals surface area contributed by atoms with E-state index in [1.54, 1.807) is 6.08 Å². The van der Waals surface area contributed by atoms with E-state index in [1.807, 2.05) is 6.08 Å². The quantitative estimate of drug-likeness (QED) is 0.667. The van der Waals surface area contributed by atoms with Crippen molar-refractivity contribution in [2.24, 2.45) is 0 Å². The van der Waals surface area contributed by atoms with Crippen molar-refractivity contribution in [1.82, 2.24) is 0 Å². The van der Waals surface area contributed by atoms with E-state index < -0.39 is 0 Å². The second-order valence-electron chi connectivity index (χ2n) is 4.95. The van der Waals surface area contributed by atoms with Crippen LogP contribution in [0.4, 0.5) is 0 Å². The van der Waals surface area contributed by atoms with E-state index in [0.29, 0.717) is 0 Å². The lowest BCUT2D eigenvalue weighted by molar-refractivity contribution is -0.143. The van der Waals surface area contributed by atoms with E-state index in [0.717, 1.165) is 25.7 Å². The number of allylic oxidation sites excluding steroid dienone is 1. The molecule has 0 aromatic rings. The Morgan fingerprint density at radius 1 is 1.18 bits per heavy atom. The van der Waals surface area contributed by atoms with Gasteiger partial charge in [-0.3, -0.25) is 0 Å². The Kier molecular flexibility index (Phi) is 7.78. The zero-order valence-corrected chi connectivity index (χ0v) is 11.1. The minimum Gasteiger partial charge on any atom is -0.459 e. The normalized spacial score (nSPS) is 24.3. The molecule has 0 spiro atoms. The number of rotatable bonds is 2. The lowest BCUT2D eigenvalue weighted by Gasteiger charge is -2.16. The molecule has 1 heterocycles. The average molecular weight is 238 g/mol. The molecule has 98 valence electrons. The van der Waals surface area contributed by atoms with Crippen LogP contribution in [0.15, 0.2) is 12.2 Å². The zero-order chi connectivity index (χ0) is 12.3. The van der Waals surface area contributed by atoms with Gasteiger partial charge in [0, 0.05) is 6.08 Å². The molecule has 0 aromatic heterocycles. The molecule has 0 amide bonds. The summed E-state index contributed by atoms with van der Waals surface area (Å²) in [5.74, 6) is -0.150. The van der Waals surface area contributed by atoms with Gasteiger partial charge in [0.15, 0.2) is 0 Å². The molecule has 1 rings (SSSR count). The number of carbonyl (C=O) groups excluding carboxylic acids is 1. The molecule has 0 N–H and O–H groups in total. The number of cyclic esters (lactones) is 1. The third-order valence-corrected chi connectivity index (χ3v) is 3.29. The maximum atomic E-state index is 11.6. The van der Waals surface area contributed by atoms with Gasteiger partial charge >= 0.3 is 5.97 Å². The van der Waals surface area contributed by atoms with Crippen molar-refractivity contribution in [3.8, 4) is 0 Å². The van der Waals surface area contributed by atoms with Gasteiger partial charge in [-0.05, 0) is 32.1 Å². The Labute approximate surface area is 105 Å². The first-order valence-electron chi connectivity index (χ1n) is 7.20. The molecule has 1 unspecified atom stereocenters. The highest BCUT2D eigenvalue weighted by molar-refractivity contribution is 5.82. The summed E-state index contributed by atoms with van der Waals surface area (Å²) >= 11 is 0. The van der Waals surface area contributed by atoms with Gasteiger partial charge in [0.1, 0.15) is 6.10 Å². The third kappa shape index (κ3) is 7.19. The largest absolute Gasteiger partial charge is 0.459 e. The van der Waals surface area contributed by atoms with Crippen LogP contribution >= 0.6 is 0 Å². The minimum atomic E-state index is -0.150. The van der Waals surface area contributed by atoms with Gasteiger partial charge in [-0.2, -0.15) is 0 Å². The Morgan fingerprint density at radius 3 is 2.65 bits per heavy atom. The van der Waals surface area contributed by atoms with E-state index in [1.165, 1.54) is 38.5 Å². The van der Waals surface area contributed by atoms with Crippen LogP contribution in [0.1, 0.15) is 71.1 Å². The van der Waals surface area contributed by atoms with Crippen LogP contribution in [0.25, 0.3) is 0 Å². The molecular weight excluding hydrogens is 212 g/mol. The zero-order valence-electron chi connectivity index (χ0n) is 11.1. The van der Waals surface area contributed by atoms with Crippen molar-refractivity contribution in [3.05, 3.63) is 12.2 Å². The van der Waals surface area contributed by atoms with E-state index >= 15 is 0 Å². The molecule has 1 aliphatic rings. The van der Waals surface area contributed by atoms with Crippen LogP contribution in [-0.4, -0.2) is 12.1 Å². The van der Waals surface area contributed by atoms with Gasteiger partial charge < -0.3 is 4.74 Å². The van der Waals surface area contributed by atoms with Crippen molar-refractivity contribution < 1.29 is 9.53 Å². The average Bonchev–Trinajstić information content (AvgIpc) is 2.32. The molecule has 2 nitrogen and oxygen atoms in total. The Balaban J connectivity index is 2.43. The molecule has 0 saturated carbocycles. The van der Waals surface area contributed by atoms with E-state index in [-0.39, 0.29) is 12.1 Å². The Bertz CT molecular complexity index is 233. The second kappa shape index (κ2) is 9.26. The Hall–Kier alpha value is -0.790. The fourth-order valence-corrected chi connectivity index (χ4v) is 2.31. The minimum absolute atomic E-state index is 0.137. The molecule has 0 fully saturated rings. The highest BCUT2D eigenvalue weighted by Crippen LogP contribution is 2.15. The molecule has 1 atom stereocenters. The van der Waals surface area contributed by atoms with Gasteiger partial charge in [0.2, 0.25) is 0 Å². The summed E-state index contributed by atoms with van der Waals surface area (Å²) in [6.07, 6.45) is 15.5. The van der Waals surface area contributed by atoms with Crippen molar-refractivity contribution in [1.29, 1.82) is 0 Å². The molecule has 0 aliphatic carbocycles. The van der Waals surface area contributed by atoms with Gasteiger partial charge in [-0.15, -0.1) is 0 Å². The van der Waals surface area contributed by atoms with E-state index in [9.17, 15) is 4.79 Å². The highest BCUT2D eigenvalue weighted by atomic mass is 16.5. The fourth-order valence-electron chi connectivity index (χ4n) is 2.31. The molecule has 2 heteroatoms. The third-order valence-electron chi connectivity index (χ3n) is 3.29. The van der Waals surface area contributed by atoms with Crippen molar-refractivity contribution in [2.45, 2.75) is 77.2 Å². The van der Waals surface area contributed by atoms with Crippen LogP contribution in [0.5, 0.6) is 0 Å². The summed E-state index contributed by atoms with van der Waals surface area (Å²) in [6, 6.07) is 0. The number of hydrogen-bond donors (Lipinski definition) is 0. The molecule has 17 heavy (non-hydrogen) atoms. The highest BCUT2D eigenvalue weighted by Gasteiger charge is 2.11. The van der Waals surface area contributed by atoms with Crippen molar-refractivity contribution in [3.63, 3.8) is 0 Å². The van der Waals surface area contributed by atoms with Crippen LogP contribution in [0, 0.1) is 0 Å². The molecule has 0 bridgehead atoms. The molecule has 1 aliphatic heterocycles. The molecule has 0 aromatic carbocycles. The van der Waals surface area contributed by atoms with Crippen LogP contribution in [-0.2, 0) is 9.53 Å². The predicted molar refractivity (Wildman–Crippen MR) is 70.9 cm³/mol. The molecule has 0 radical (unpaired) electrons. The molecular formula is C15H26O2. The summed E-state index contributed by atoms with van der Waals surface area (Å²) in [5.41, 5.74) is 0. The summed E-state index contributed by atoms with van der Waals surface area (Å²) in [4.78, 5) is 11.6. The van der Waals surface area contributed by atoms with Gasteiger partial charge in [0.05, 0.1) is 0 Å².